The largest absolute Gasteiger partial charge is 0.465 e. The van der Waals surface area contributed by atoms with Gasteiger partial charge in [0.15, 0.2) is 0 Å². The molecule has 2 aromatic rings. The first-order chi connectivity index (χ1) is 9.52. The molecule has 0 bridgehead atoms. The summed E-state index contributed by atoms with van der Waals surface area (Å²) < 4.78 is 6.50. The van der Waals surface area contributed by atoms with Crippen LogP contribution in [0.4, 0.5) is 5.69 Å². The van der Waals surface area contributed by atoms with Crippen LogP contribution in [-0.4, -0.2) is 22.9 Å². The van der Waals surface area contributed by atoms with E-state index in [0.29, 0.717) is 10.6 Å². The maximum Gasteiger partial charge on any atom is 0.339 e. The molecule has 6 heteroatoms. The normalized spacial score (nSPS) is 12.0. The Morgan fingerprint density at radius 1 is 1.45 bits per heavy atom. The van der Waals surface area contributed by atoms with Gasteiger partial charge in [0, 0.05) is 18.9 Å². The number of nitrogens with one attached hydrogen (secondary N) is 1. The predicted molar refractivity (Wildman–Crippen MR) is 78.0 cm³/mol. The van der Waals surface area contributed by atoms with Gasteiger partial charge in [0.2, 0.25) is 0 Å². The molecule has 2 rings (SSSR count). The maximum atomic E-state index is 11.6. The van der Waals surface area contributed by atoms with Gasteiger partial charge in [-0.25, -0.2) is 4.79 Å². The lowest BCUT2D eigenvalue weighted by molar-refractivity contribution is 0.0601. The summed E-state index contributed by atoms with van der Waals surface area (Å²) in [6, 6.07) is 7.16. The summed E-state index contributed by atoms with van der Waals surface area (Å²) in [6.45, 7) is 2.02. The molecule has 0 saturated heterocycles. The highest BCUT2D eigenvalue weighted by atomic mass is 35.5. The van der Waals surface area contributed by atoms with Crippen LogP contribution in [0.5, 0.6) is 0 Å². The third-order valence-corrected chi connectivity index (χ3v) is 3.39. The van der Waals surface area contributed by atoms with Crippen LogP contribution < -0.4 is 5.32 Å². The number of aromatic nitrogens is 2. The number of nitrogens with zero attached hydrogens (tertiary/aromatic N) is 2. The van der Waals surface area contributed by atoms with Gasteiger partial charge in [-0.1, -0.05) is 11.6 Å². The zero-order chi connectivity index (χ0) is 14.7. The van der Waals surface area contributed by atoms with Gasteiger partial charge in [-0.15, -0.1) is 0 Å². The molecule has 1 unspecified atom stereocenters. The summed E-state index contributed by atoms with van der Waals surface area (Å²) in [4.78, 5) is 11.6. The van der Waals surface area contributed by atoms with Gasteiger partial charge in [-0.05, 0) is 31.2 Å². The minimum absolute atomic E-state index is 0.0502. The van der Waals surface area contributed by atoms with Gasteiger partial charge in [0.25, 0.3) is 0 Å². The minimum atomic E-state index is -0.452. The summed E-state index contributed by atoms with van der Waals surface area (Å²) in [5.74, 6) is -0.452. The van der Waals surface area contributed by atoms with Crippen LogP contribution in [-0.2, 0) is 11.8 Å². The summed E-state index contributed by atoms with van der Waals surface area (Å²) in [7, 11) is 3.21. The summed E-state index contributed by atoms with van der Waals surface area (Å²) in [5, 5.41) is 7.81. The highest BCUT2D eigenvalue weighted by molar-refractivity contribution is 6.33. The van der Waals surface area contributed by atoms with E-state index in [1.165, 1.54) is 7.11 Å². The van der Waals surface area contributed by atoms with Crippen LogP contribution in [0.2, 0.25) is 5.02 Å². The zero-order valence-electron chi connectivity index (χ0n) is 11.6. The summed E-state index contributed by atoms with van der Waals surface area (Å²) in [6.07, 6.45) is 1.75. The number of carbonyl (C=O) groups is 1. The molecule has 5 nitrogen and oxygen atoms in total. The molecule has 1 atom stereocenters. The van der Waals surface area contributed by atoms with Crippen LogP contribution in [0, 0.1) is 0 Å². The van der Waals surface area contributed by atoms with Crippen LogP contribution in [0.25, 0.3) is 0 Å². The first kappa shape index (κ1) is 14.4. The van der Waals surface area contributed by atoms with Crippen molar-refractivity contribution in [3.63, 3.8) is 0 Å². The number of rotatable bonds is 4. The SMILES string of the molecule is COC(=O)c1cc(NC(C)c2ccnn2C)ccc1Cl. The molecular weight excluding hydrogens is 278 g/mol. The molecule has 20 heavy (non-hydrogen) atoms. The quantitative estimate of drug-likeness (QED) is 0.880. The second-order valence-electron chi connectivity index (χ2n) is 4.43. The number of hydrogen-bond acceptors (Lipinski definition) is 4. The lowest BCUT2D eigenvalue weighted by Gasteiger charge is -2.16. The summed E-state index contributed by atoms with van der Waals surface area (Å²) >= 11 is 5.99. The number of hydrogen-bond donors (Lipinski definition) is 1. The number of esters is 1. The van der Waals surface area contributed by atoms with E-state index in [-0.39, 0.29) is 6.04 Å². The molecule has 1 aromatic carbocycles. The molecule has 0 saturated carbocycles. The van der Waals surface area contributed by atoms with Crippen LogP contribution in [0.15, 0.2) is 30.5 Å². The van der Waals surface area contributed by atoms with Gasteiger partial charge in [-0.2, -0.15) is 5.10 Å². The van der Waals surface area contributed by atoms with E-state index in [2.05, 4.69) is 10.4 Å². The molecular formula is C14H16ClN3O2. The Hall–Kier alpha value is -2.01. The molecule has 0 aliphatic heterocycles. The molecule has 1 heterocycles. The number of aryl methyl sites for hydroxylation is 1. The fourth-order valence-electron chi connectivity index (χ4n) is 2.01. The van der Waals surface area contributed by atoms with E-state index in [0.717, 1.165) is 11.4 Å². The predicted octanol–water partition coefficient (Wildman–Crippen LogP) is 3.03. The lowest BCUT2D eigenvalue weighted by atomic mass is 10.1. The van der Waals surface area contributed by atoms with Crippen molar-refractivity contribution in [2.45, 2.75) is 13.0 Å². The highest BCUT2D eigenvalue weighted by Crippen LogP contribution is 2.24. The molecule has 0 aliphatic carbocycles. The second kappa shape index (κ2) is 5.96. The number of benzene rings is 1. The molecule has 0 spiro atoms. The van der Waals surface area contributed by atoms with E-state index in [4.69, 9.17) is 16.3 Å². The first-order valence-electron chi connectivity index (χ1n) is 6.15. The summed E-state index contributed by atoms with van der Waals surface area (Å²) in [5.41, 5.74) is 2.18. The van der Waals surface area contributed by atoms with Crippen molar-refractivity contribution in [3.8, 4) is 0 Å². The fourth-order valence-corrected chi connectivity index (χ4v) is 2.21. The van der Waals surface area contributed by atoms with Crippen molar-refractivity contribution >= 4 is 23.3 Å². The molecule has 0 aliphatic rings. The monoisotopic (exact) mass is 293 g/mol. The molecule has 106 valence electrons. The van der Waals surface area contributed by atoms with Gasteiger partial charge in [0.1, 0.15) is 0 Å². The molecule has 1 N–H and O–H groups in total. The number of carbonyl (C=O) groups excluding carboxylic acids is 1. The maximum absolute atomic E-state index is 11.6. The van der Waals surface area contributed by atoms with Gasteiger partial charge in [-0.3, -0.25) is 4.68 Å². The van der Waals surface area contributed by atoms with Crippen molar-refractivity contribution in [2.75, 3.05) is 12.4 Å². The van der Waals surface area contributed by atoms with E-state index in [1.54, 1.807) is 23.0 Å². The average Bonchev–Trinajstić information content (AvgIpc) is 2.86. The van der Waals surface area contributed by atoms with Crippen molar-refractivity contribution in [1.82, 2.24) is 9.78 Å². The van der Waals surface area contributed by atoms with Crippen LogP contribution >= 0.6 is 11.6 Å². The lowest BCUT2D eigenvalue weighted by Crippen LogP contribution is -2.12. The number of methoxy groups -OCH3 is 1. The second-order valence-corrected chi connectivity index (χ2v) is 4.84. The number of ether oxygens (including phenoxy) is 1. The zero-order valence-corrected chi connectivity index (χ0v) is 12.3. The molecule has 1 aromatic heterocycles. The Balaban J connectivity index is 2.22. The molecule has 0 radical (unpaired) electrons. The Bertz CT molecular complexity index is 625. The van der Waals surface area contributed by atoms with Crippen molar-refractivity contribution < 1.29 is 9.53 Å². The number of halogens is 1. The van der Waals surface area contributed by atoms with Crippen LogP contribution in [0.3, 0.4) is 0 Å². The van der Waals surface area contributed by atoms with E-state index in [9.17, 15) is 4.79 Å². The van der Waals surface area contributed by atoms with Crippen molar-refractivity contribution in [1.29, 1.82) is 0 Å². The smallest absolute Gasteiger partial charge is 0.339 e. The van der Waals surface area contributed by atoms with Crippen molar-refractivity contribution in [2.24, 2.45) is 7.05 Å². The minimum Gasteiger partial charge on any atom is -0.465 e. The van der Waals surface area contributed by atoms with E-state index < -0.39 is 5.97 Å². The van der Waals surface area contributed by atoms with Crippen LogP contribution in [0.1, 0.15) is 29.0 Å². The third kappa shape index (κ3) is 2.93. The van der Waals surface area contributed by atoms with Gasteiger partial charge < -0.3 is 10.1 Å². The number of anilines is 1. The fraction of sp³-hybridized carbons (Fsp3) is 0.286. The van der Waals surface area contributed by atoms with E-state index >= 15 is 0 Å². The Labute approximate surface area is 122 Å². The standard InChI is InChI=1S/C14H16ClN3O2/c1-9(13-6-7-16-18(13)2)17-10-4-5-12(15)11(8-10)14(19)20-3/h4-9,17H,1-3H3. The average molecular weight is 294 g/mol. The van der Waals surface area contributed by atoms with Crippen molar-refractivity contribution in [3.05, 3.63) is 46.7 Å². The third-order valence-electron chi connectivity index (χ3n) is 3.06. The van der Waals surface area contributed by atoms with Gasteiger partial charge in [0.05, 0.1) is 29.4 Å². The van der Waals surface area contributed by atoms with Gasteiger partial charge >= 0.3 is 5.97 Å². The Kier molecular flexibility index (Phi) is 4.29. The topological polar surface area (TPSA) is 56.1 Å². The molecule has 0 fully saturated rings. The molecule has 0 amide bonds. The highest BCUT2D eigenvalue weighted by Gasteiger charge is 2.14. The Morgan fingerprint density at radius 2 is 2.20 bits per heavy atom. The Morgan fingerprint density at radius 3 is 2.80 bits per heavy atom. The first-order valence-corrected chi connectivity index (χ1v) is 6.53. The van der Waals surface area contributed by atoms with E-state index in [1.807, 2.05) is 26.1 Å².